The number of amides is 1. The van der Waals surface area contributed by atoms with Crippen molar-refractivity contribution < 1.29 is 17.9 Å². The zero-order valence-electron chi connectivity index (χ0n) is 15.0. The molecular formula is C18H23N3O4S. The van der Waals surface area contributed by atoms with Gasteiger partial charge in [-0.2, -0.15) is 0 Å². The van der Waals surface area contributed by atoms with E-state index in [1.165, 1.54) is 38.4 Å². The largest absolute Gasteiger partial charge is 0.495 e. The van der Waals surface area contributed by atoms with Gasteiger partial charge in [0.1, 0.15) is 5.75 Å². The van der Waals surface area contributed by atoms with E-state index in [1.807, 2.05) is 0 Å². The average molecular weight is 377 g/mol. The molecule has 0 spiro atoms. The van der Waals surface area contributed by atoms with Crippen molar-refractivity contribution in [1.82, 2.24) is 10.6 Å². The summed E-state index contributed by atoms with van der Waals surface area (Å²) in [5.41, 5.74) is 0.837. The number of methoxy groups -OCH3 is 1. The maximum atomic E-state index is 12.9. The van der Waals surface area contributed by atoms with Crippen LogP contribution in [0, 0.1) is 0 Å². The van der Waals surface area contributed by atoms with Crippen molar-refractivity contribution in [2.45, 2.75) is 4.90 Å². The second-order valence-electron chi connectivity index (χ2n) is 5.53. The van der Waals surface area contributed by atoms with Crippen LogP contribution in [0.5, 0.6) is 5.75 Å². The van der Waals surface area contributed by atoms with E-state index in [-0.39, 0.29) is 10.8 Å². The second kappa shape index (κ2) is 8.68. The highest BCUT2D eigenvalue weighted by Gasteiger charge is 2.23. The monoisotopic (exact) mass is 377 g/mol. The maximum Gasteiger partial charge on any atom is 0.264 e. The number of carbonyl (C=O) groups is 1. The molecule has 0 radical (unpaired) electrons. The molecule has 0 atom stereocenters. The van der Waals surface area contributed by atoms with Crippen molar-refractivity contribution >= 4 is 21.6 Å². The molecule has 8 heteroatoms. The van der Waals surface area contributed by atoms with Crippen LogP contribution in [-0.2, 0) is 10.0 Å². The van der Waals surface area contributed by atoms with Crippen LogP contribution in [0.1, 0.15) is 10.4 Å². The molecule has 26 heavy (non-hydrogen) atoms. The summed E-state index contributed by atoms with van der Waals surface area (Å²) < 4.78 is 32.1. The third kappa shape index (κ3) is 4.33. The van der Waals surface area contributed by atoms with E-state index in [0.717, 1.165) is 4.31 Å². The van der Waals surface area contributed by atoms with Gasteiger partial charge in [-0.05, 0) is 43.4 Å². The summed E-state index contributed by atoms with van der Waals surface area (Å²) in [5.74, 6) is 0.210. The number of hydrogen-bond donors (Lipinski definition) is 2. The van der Waals surface area contributed by atoms with Crippen LogP contribution in [0.2, 0.25) is 0 Å². The van der Waals surface area contributed by atoms with Crippen molar-refractivity contribution in [1.29, 1.82) is 0 Å². The van der Waals surface area contributed by atoms with E-state index >= 15 is 0 Å². The van der Waals surface area contributed by atoms with E-state index in [0.29, 0.717) is 30.1 Å². The van der Waals surface area contributed by atoms with Gasteiger partial charge in [0.25, 0.3) is 15.9 Å². The normalized spacial score (nSPS) is 11.0. The van der Waals surface area contributed by atoms with E-state index in [2.05, 4.69) is 10.6 Å². The molecule has 0 unspecified atom stereocenters. The summed E-state index contributed by atoms with van der Waals surface area (Å²) in [5, 5.41) is 5.68. The van der Waals surface area contributed by atoms with Crippen LogP contribution in [-0.4, -0.2) is 48.6 Å². The summed E-state index contributed by atoms with van der Waals surface area (Å²) in [4.78, 5) is 12.1. The van der Waals surface area contributed by atoms with Gasteiger partial charge in [-0.1, -0.05) is 12.1 Å². The average Bonchev–Trinajstić information content (AvgIpc) is 2.67. The maximum absolute atomic E-state index is 12.9. The summed E-state index contributed by atoms with van der Waals surface area (Å²) in [6, 6.07) is 12.7. The lowest BCUT2D eigenvalue weighted by molar-refractivity contribution is 0.0954. The zero-order chi connectivity index (χ0) is 19.2. The Balaban J connectivity index is 2.22. The number of anilines is 1. The van der Waals surface area contributed by atoms with Crippen LogP contribution in [0.25, 0.3) is 0 Å². The quantitative estimate of drug-likeness (QED) is 0.680. The first-order chi connectivity index (χ1) is 12.4. The fourth-order valence-electron chi connectivity index (χ4n) is 2.36. The highest BCUT2D eigenvalue weighted by atomic mass is 32.2. The molecule has 1 amide bonds. The molecule has 2 N–H and O–H groups in total. The highest BCUT2D eigenvalue weighted by Crippen LogP contribution is 2.30. The van der Waals surface area contributed by atoms with E-state index < -0.39 is 10.0 Å². The predicted octanol–water partition coefficient (Wildman–Crippen LogP) is 1.47. The molecule has 0 aliphatic rings. The number of sulfonamides is 1. The molecule has 2 aromatic carbocycles. The zero-order valence-corrected chi connectivity index (χ0v) is 15.8. The van der Waals surface area contributed by atoms with Gasteiger partial charge in [-0.25, -0.2) is 8.42 Å². The fourth-order valence-corrected chi connectivity index (χ4v) is 3.56. The van der Waals surface area contributed by atoms with Gasteiger partial charge >= 0.3 is 0 Å². The smallest absolute Gasteiger partial charge is 0.264 e. The summed E-state index contributed by atoms with van der Waals surface area (Å²) in [6.07, 6.45) is 0. The number of nitrogens with one attached hydrogen (secondary N) is 2. The standard InChI is InChI=1S/C18H23N3O4S/c1-19-12-13-20-18(22)14-8-10-15(11-9-14)26(23,24)21(2)16-6-4-5-7-17(16)25-3/h4-11,19H,12-13H2,1-3H3,(H,20,22). The lowest BCUT2D eigenvalue weighted by Gasteiger charge is -2.21. The first-order valence-electron chi connectivity index (χ1n) is 8.06. The molecule has 2 aromatic rings. The lowest BCUT2D eigenvalue weighted by Crippen LogP contribution is -2.30. The van der Waals surface area contributed by atoms with Crippen LogP contribution in [0.3, 0.4) is 0 Å². The number of ether oxygens (including phenoxy) is 1. The minimum Gasteiger partial charge on any atom is -0.495 e. The van der Waals surface area contributed by atoms with Gasteiger partial charge in [0.05, 0.1) is 17.7 Å². The van der Waals surface area contributed by atoms with Crippen LogP contribution in [0.15, 0.2) is 53.4 Å². The van der Waals surface area contributed by atoms with Crippen molar-refractivity contribution in [3.63, 3.8) is 0 Å². The summed E-state index contributed by atoms with van der Waals surface area (Å²) in [6.45, 7) is 1.15. The van der Waals surface area contributed by atoms with E-state index in [1.54, 1.807) is 31.3 Å². The van der Waals surface area contributed by atoms with Gasteiger partial charge in [0.2, 0.25) is 0 Å². The molecule has 0 fully saturated rings. The SMILES string of the molecule is CNCCNC(=O)c1ccc(S(=O)(=O)N(C)c2ccccc2OC)cc1. The molecule has 0 aliphatic heterocycles. The molecule has 0 heterocycles. The topological polar surface area (TPSA) is 87.7 Å². The Labute approximate surface area is 154 Å². The third-order valence-electron chi connectivity index (χ3n) is 3.86. The summed E-state index contributed by atoms with van der Waals surface area (Å²) >= 11 is 0. The molecule has 0 bridgehead atoms. The second-order valence-corrected chi connectivity index (χ2v) is 7.50. The number of benzene rings is 2. The van der Waals surface area contributed by atoms with Crippen molar-refractivity contribution in [3.8, 4) is 5.75 Å². The van der Waals surface area contributed by atoms with Crippen molar-refractivity contribution in [2.24, 2.45) is 0 Å². The molecule has 0 aromatic heterocycles. The Morgan fingerprint density at radius 1 is 1.08 bits per heavy atom. The first kappa shape index (κ1) is 19.7. The Morgan fingerprint density at radius 3 is 2.35 bits per heavy atom. The highest BCUT2D eigenvalue weighted by molar-refractivity contribution is 7.92. The van der Waals surface area contributed by atoms with Gasteiger partial charge in [-0.3, -0.25) is 9.10 Å². The molecule has 0 saturated heterocycles. The van der Waals surface area contributed by atoms with E-state index in [4.69, 9.17) is 4.74 Å². The number of hydrogen-bond acceptors (Lipinski definition) is 5. The van der Waals surface area contributed by atoms with Crippen molar-refractivity contribution in [2.75, 3.05) is 38.6 Å². The van der Waals surface area contributed by atoms with Gasteiger partial charge in [0, 0.05) is 25.7 Å². The Kier molecular flexibility index (Phi) is 6.59. The van der Waals surface area contributed by atoms with Crippen LogP contribution >= 0.6 is 0 Å². The molecule has 0 saturated carbocycles. The van der Waals surface area contributed by atoms with Crippen molar-refractivity contribution in [3.05, 3.63) is 54.1 Å². The Morgan fingerprint density at radius 2 is 1.73 bits per heavy atom. The number of carbonyl (C=O) groups excluding carboxylic acids is 1. The molecule has 7 nitrogen and oxygen atoms in total. The Hall–Kier alpha value is -2.58. The predicted molar refractivity (Wildman–Crippen MR) is 101 cm³/mol. The number of likely N-dealkylation sites (N-methyl/N-ethyl adjacent to an activating group) is 1. The van der Waals surface area contributed by atoms with Gasteiger partial charge < -0.3 is 15.4 Å². The fraction of sp³-hybridized carbons (Fsp3) is 0.278. The van der Waals surface area contributed by atoms with Crippen LogP contribution in [0.4, 0.5) is 5.69 Å². The van der Waals surface area contributed by atoms with Crippen LogP contribution < -0.4 is 19.7 Å². The van der Waals surface area contributed by atoms with Gasteiger partial charge in [-0.15, -0.1) is 0 Å². The molecule has 0 aliphatic carbocycles. The number of nitrogens with zero attached hydrogens (tertiary/aromatic N) is 1. The first-order valence-corrected chi connectivity index (χ1v) is 9.50. The number of rotatable bonds is 8. The Bertz CT molecular complexity index is 851. The van der Waals surface area contributed by atoms with E-state index in [9.17, 15) is 13.2 Å². The minimum atomic E-state index is -3.78. The summed E-state index contributed by atoms with van der Waals surface area (Å²) in [7, 11) is 0.970. The molecule has 2 rings (SSSR count). The lowest BCUT2D eigenvalue weighted by atomic mass is 10.2. The minimum absolute atomic E-state index is 0.0951. The third-order valence-corrected chi connectivity index (χ3v) is 5.65. The molecular weight excluding hydrogens is 354 g/mol. The molecule has 140 valence electrons. The van der Waals surface area contributed by atoms with Gasteiger partial charge in [0.15, 0.2) is 0 Å². The number of para-hydroxylation sites is 2.